The van der Waals surface area contributed by atoms with Gasteiger partial charge in [-0.05, 0) is 12.1 Å². The molecule has 0 spiro atoms. The van der Waals surface area contributed by atoms with Crippen molar-refractivity contribution in [2.75, 3.05) is 0 Å². The van der Waals surface area contributed by atoms with E-state index in [9.17, 15) is 8.78 Å². The summed E-state index contributed by atoms with van der Waals surface area (Å²) in [7, 11) is 0. The van der Waals surface area contributed by atoms with E-state index in [0.29, 0.717) is 10.3 Å². The minimum absolute atomic E-state index is 0.0522. The van der Waals surface area contributed by atoms with Crippen molar-refractivity contribution in [3.05, 3.63) is 45.3 Å². The van der Waals surface area contributed by atoms with Crippen molar-refractivity contribution >= 4 is 27.5 Å². The Morgan fingerprint density at radius 1 is 1.14 bits per heavy atom. The first-order chi connectivity index (χ1) is 9.66. The van der Waals surface area contributed by atoms with E-state index in [1.807, 2.05) is 20.8 Å². The van der Waals surface area contributed by atoms with Crippen molar-refractivity contribution in [2.24, 2.45) is 0 Å². The lowest BCUT2D eigenvalue weighted by atomic mass is 9.96. The molecule has 0 fully saturated rings. The number of halogens is 4. The summed E-state index contributed by atoms with van der Waals surface area (Å²) in [5.74, 6) is -1.89. The maximum atomic E-state index is 13.7. The Labute approximate surface area is 134 Å². The fourth-order valence-corrected chi connectivity index (χ4v) is 2.09. The van der Waals surface area contributed by atoms with E-state index < -0.39 is 11.6 Å². The molecule has 112 valence electrons. The van der Waals surface area contributed by atoms with E-state index in [0.717, 1.165) is 6.07 Å². The lowest BCUT2D eigenvalue weighted by molar-refractivity contribution is 0.398. The highest BCUT2D eigenvalue weighted by molar-refractivity contribution is 9.10. The molecule has 3 nitrogen and oxygen atoms in total. The molecule has 0 bridgehead atoms. The minimum Gasteiger partial charge on any atom is -0.436 e. The van der Waals surface area contributed by atoms with E-state index in [-0.39, 0.29) is 22.2 Å². The van der Waals surface area contributed by atoms with Gasteiger partial charge in [-0.3, -0.25) is 0 Å². The smallest absolute Gasteiger partial charge is 0.224 e. The maximum absolute atomic E-state index is 13.7. The number of rotatable bonds is 2. The SMILES string of the molecule is CC(C)(C)c1nc(Cl)cc(Oc2cc(Br)cc(F)c2F)n1. The fraction of sp³-hybridized carbons (Fsp3) is 0.286. The Kier molecular flexibility index (Phi) is 4.49. The van der Waals surface area contributed by atoms with E-state index in [4.69, 9.17) is 16.3 Å². The first-order valence-corrected chi connectivity index (χ1v) is 7.21. The van der Waals surface area contributed by atoms with E-state index in [2.05, 4.69) is 25.9 Å². The van der Waals surface area contributed by atoms with Crippen LogP contribution in [0.15, 0.2) is 22.7 Å². The molecule has 2 rings (SSSR count). The van der Waals surface area contributed by atoms with Crippen LogP contribution in [0.5, 0.6) is 11.6 Å². The van der Waals surface area contributed by atoms with Crippen LogP contribution in [0.2, 0.25) is 5.15 Å². The summed E-state index contributed by atoms with van der Waals surface area (Å²) < 4.78 is 32.7. The van der Waals surface area contributed by atoms with Crippen molar-refractivity contribution in [3.63, 3.8) is 0 Å². The van der Waals surface area contributed by atoms with Gasteiger partial charge in [0.15, 0.2) is 11.6 Å². The normalized spacial score (nSPS) is 11.6. The molecule has 0 aliphatic carbocycles. The third kappa shape index (κ3) is 3.89. The molecule has 0 aliphatic heterocycles. The lowest BCUT2D eigenvalue weighted by Gasteiger charge is -2.17. The zero-order valence-electron chi connectivity index (χ0n) is 11.5. The van der Waals surface area contributed by atoms with Crippen LogP contribution in [0.3, 0.4) is 0 Å². The summed E-state index contributed by atoms with van der Waals surface area (Å²) in [5, 5.41) is 0.167. The van der Waals surface area contributed by atoms with Gasteiger partial charge >= 0.3 is 0 Å². The zero-order chi connectivity index (χ0) is 15.8. The Hall–Kier alpha value is -1.27. The van der Waals surface area contributed by atoms with Crippen molar-refractivity contribution in [1.29, 1.82) is 0 Å². The third-order valence-electron chi connectivity index (χ3n) is 2.52. The quantitative estimate of drug-likeness (QED) is 0.529. The highest BCUT2D eigenvalue weighted by atomic mass is 79.9. The average molecular weight is 378 g/mol. The van der Waals surface area contributed by atoms with Gasteiger partial charge < -0.3 is 4.74 Å². The van der Waals surface area contributed by atoms with Gasteiger partial charge in [-0.25, -0.2) is 9.37 Å². The highest BCUT2D eigenvalue weighted by Gasteiger charge is 2.20. The molecule has 0 unspecified atom stereocenters. The van der Waals surface area contributed by atoms with Crippen LogP contribution < -0.4 is 4.74 Å². The van der Waals surface area contributed by atoms with E-state index >= 15 is 0 Å². The Morgan fingerprint density at radius 3 is 2.43 bits per heavy atom. The second kappa shape index (κ2) is 5.85. The average Bonchev–Trinajstić information content (AvgIpc) is 2.33. The molecule has 0 amide bonds. The zero-order valence-corrected chi connectivity index (χ0v) is 13.9. The molecule has 1 heterocycles. The number of aromatic nitrogens is 2. The number of benzene rings is 1. The Morgan fingerprint density at radius 2 is 1.81 bits per heavy atom. The topological polar surface area (TPSA) is 35.0 Å². The molecule has 0 saturated carbocycles. The molecule has 1 aromatic carbocycles. The summed E-state index contributed by atoms with van der Waals surface area (Å²) in [6.45, 7) is 5.71. The van der Waals surface area contributed by atoms with Crippen LogP contribution >= 0.6 is 27.5 Å². The van der Waals surface area contributed by atoms with Crippen molar-refractivity contribution < 1.29 is 13.5 Å². The summed E-state index contributed by atoms with van der Waals surface area (Å²) in [5.41, 5.74) is -0.357. The molecule has 0 atom stereocenters. The fourth-order valence-electron chi connectivity index (χ4n) is 1.50. The van der Waals surface area contributed by atoms with Gasteiger partial charge in [-0.2, -0.15) is 9.37 Å². The number of nitrogens with zero attached hydrogens (tertiary/aromatic N) is 2. The predicted octanol–water partition coefficient (Wildman–Crippen LogP) is 5.26. The molecule has 21 heavy (non-hydrogen) atoms. The van der Waals surface area contributed by atoms with Gasteiger partial charge in [-0.15, -0.1) is 0 Å². The van der Waals surface area contributed by atoms with Gasteiger partial charge in [0.25, 0.3) is 0 Å². The van der Waals surface area contributed by atoms with Crippen LogP contribution in [-0.2, 0) is 5.41 Å². The molecular weight excluding hydrogens is 366 g/mol. The van der Waals surface area contributed by atoms with Gasteiger partial charge in [0, 0.05) is 16.0 Å². The van der Waals surface area contributed by atoms with Crippen LogP contribution in [0.1, 0.15) is 26.6 Å². The standard InChI is InChI=1S/C14H12BrClF2N2O/c1-14(2,3)13-19-10(16)6-11(20-13)21-9-5-7(15)4-8(17)12(9)18/h4-6H,1-3H3. The number of ether oxygens (including phenoxy) is 1. The van der Waals surface area contributed by atoms with Gasteiger partial charge in [0.05, 0.1) is 0 Å². The van der Waals surface area contributed by atoms with Crippen LogP contribution in [0.4, 0.5) is 8.78 Å². The van der Waals surface area contributed by atoms with Crippen LogP contribution in [0, 0.1) is 11.6 Å². The van der Waals surface area contributed by atoms with Crippen LogP contribution in [-0.4, -0.2) is 9.97 Å². The van der Waals surface area contributed by atoms with Gasteiger partial charge in [0.2, 0.25) is 11.7 Å². The molecule has 2 aromatic rings. The largest absolute Gasteiger partial charge is 0.436 e. The molecule has 0 saturated heterocycles. The second-order valence-electron chi connectivity index (χ2n) is 5.40. The first-order valence-electron chi connectivity index (χ1n) is 6.04. The van der Waals surface area contributed by atoms with E-state index in [1.165, 1.54) is 12.1 Å². The summed E-state index contributed by atoms with van der Waals surface area (Å²) >= 11 is 8.99. The predicted molar refractivity (Wildman–Crippen MR) is 79.9 cm³/mol. The summed E-state index contributed by atoms with van der Waals surface area (Å²) in [6, 6.07) is 3.66. The maximum Gasteiger partial charge on any atom is 0.224 e. The first kappa shape index (κ1) is 16.1. The molecule has 0 aliphatic rings. The molecule has 7 heteroatoms. The Balaban J connectivity index is 2.43. The molecule has 0 N–H and O–H groups in total. The third-order valence-corrected chi connectivity index (χ3v) is 3.17. The second-order valence-corrected chi connectivity index (χ2v) is 6.71. The van der Waals surface area contributed by atoms with Gasteiger partial charge in [-0.1, -0.05) is 48.3 Å². The molecular formula is C14H12BrClF2N2O. The van der Waals surface area contributed by atoms with Gasteiger partial charge in [0.1, 0.15) is 11.0 Å². The molecule has 0 radical (unpaired) electrons. The number of hydrogen-bond donors (Lipinski definition) is 0. The summed E-state index contributed by atoms with van der Waals surface area (Å²) in [4.78, 5) is 8.28. The van der Waals surface area contributed by atoms with E-state index in [1.54, 1.807) is 0 Å². The molecule has 1 aromatic heterocycles. The van der Waals surface area contributed by atoms with Crippen LogP contribution in [0.25, 0.3) is 0 Å². The van der Waals surface area contributed by atoms with Crippen molar-refractivity contribution in [2.45, 2.75) is 26.2 Å². The number of hydrogen-bond acceptors (Lipinski definition) is 3. The monoisotopic (exact) mass is 376 g/mol. The highest BCUT2D eigenvalue weighted by Crippen LogP contribution is 2.30. The van der Waals surface area contributed by atoms with Crippen molar-refractivity contribution in [3.8, 4) is 11.6 Å². The Bertz CT molecular complexity index is 689. The van der Waals surface area contributed by atoms with Crippen molar-refractivity contribution in [1.82, 2.24) is 9.97 Å². The summed E-state index contributed by atoms with van der Waals surface area (Å²) in [6.07, 6.45) is 0. The minimum atomic E-state index is -1.09. The lowest BCUT2D eigenvalue weighted by Crippen LogP contribution is -2.16.